The molecule has 1 amide bonds. The van der Waals surface area contributed by atoms with E-state index in [1.165, 1.54) is 0 Å². The first-order valence-corrected chi connectivity index (χ1v) is 9.85. The summed E-state index contributed by atoms with van der Waals surface area (Å²) in [5.41, 5.74) is 2.28. The number of amides is 1. The van der Waals surface area contributed by atoms with Crippen LogP contribution in [0.1, 0.15) is 22.5 Å². The molecule has 0 atom stereocenters. The molecule has 1 fully saturated rings. The maximum absolute atomic E-state index is 12.9. The molecule has 7 heteroatoms. The molecule has 2 heterocycles. The van der Waals surface area contributed by atoms with E-state index in [2.05, 4.69) is 10.2 Å². The predicted octanol–water partition coefficient (Wildman–Crippen LogP) is 2.45. The smallest absolute Gasteiger partial charge is 0.320 e. The van der Waals surface area contributed by atoms with Gasteiger partial charge in [-0.15, -0.1) is 0 Å². The number of nitrogens with one attached hydrogen (secondary N) is 1. The van der Waals surface area contributed by atoms with Gasteiger partial charge in [-0.05, 0) is 18.1 Å². The van der Waals surface area contributed by atoms with Gasteiger partial charge in [0.15, 0.2) is 5.69 Å². The summed E-state index contributed by atoms with van der Waals surface area (Å²) in [6.45, 7) is 3.12. The van der Waals surface area contributed by atoms with Crippen molar-refractivity contribution in [1.82, 2.24) is 20.0 Å². The van der Waals surface area contributed by atoms with Crippen LogP contribution in [0.5, 0.6) is 0 Å². The normalized spacial score (nSPS) is 15.2. The summed E-state index contributed by atoms with van der Waals surface area (Å²) >= 11 is 0. The highest BCUT2D eigenvalue weighted by Gasteiger charge is 2.24. The van der Waals surface area contributed by atoms with Crippen molar-refractivity contribution in [3.63, 3.8) is 0 Å². The molecule has 0 aliphatic carbocycles. The molecule has 1 saturated heterocycles. The predicted molar refractivity (Wildman–Crippen MR) is 109 cm³/mol. The number of fused-ring (bicyclic) bond motifs is 1. The molecule has 3 aromatic rings. The van der Waals surface area contributed by atoms with Gasteiger partial charge in [0.05, 0.1) is 12.1 Å². The lowest BCUT2D eigenvalue weighted by Crippen LogP contribution is -2.37. The van der Waals surface area contributed by atoms with Gasteiger partial charge in [0, 0.05) is 31.6 Å². The lowest BCUT2D eigenvalue weighted by Gasteiger charge is -2.21. The van der Waals surface area contributed by atoms with Crippen LogP contribution in [0, 0.1) is 0 Å². The fraction of sp³-hybridized carbons (Fsp3) is 0.318. The number of aromatic nitrogens is 2. The minimum Gasteiger partial charge on any atom is -0.460 e. The second-order valence-electron chi connectivity index (χ2n) is 7.19. The molecule has 1 aliphatic rings. The van der Waals surface area contributed by atoms with Gasteiger partial charge in [0.25, 0.3) is 5.91 Å². The summed E-state index contributed by atoms with van der Waals surface area (Å²) in [5, 5.41) is 7.97. The summed E-state index contributed by atoms with van der Waals surface area (Å²) in [5.74, 6) is -0.317. The molecular weight excluding hydrogens is 368 g/mol. The number of ether oxygens (including phenoxy) is 1. The van der Waals surface area contributed by atoms with Gasteiger partial charge in [-0.2, -0.15) is 5.10 Å². The summed E-state index contributed by atoms with van der Waals surface area (Å²) < 4.78 is 5.38. The Morgan fingerprint density at radius 3 is 2.62 bits per heavy atom. The Morgan fingerprint density at radius 2 is 1.76 bits per heavy atom. The van der Waals surface area contributed by atoms with Crippen molar-refractivity contribution in [3.05, 3.63) is 65.9 Å². The van der Waals surface area contributed by atoms with E-state index >= 15 is 0 Å². The van der Waals surface area contributed by atoms with Crippen molar-refractivity contribution in [2.24, 2.45) is 0 Å². The number of aromatic amines is 1. The van der Waals surface area contributed by atoms with Gasteiger partial charge >= 0.3 is 5.97 Å². The maximum Gasteiger partial charge on any atom is 0.320 e. The Hall–Kier alpha value is -3.19. The van der Waals surface area contributed by atoms with Crippen LogP contribution in [0.3, 0.4) is 0 Å². The highest BCUT2D eigenvalue weighted by atomic mass is 16.5. The molecule has 7 nitrogen and oxygen atoms in total. The Balaban J connectivity index is 1.31. The van der Waals surface area contributed by atoms with Crippen molar-refractivity contribution in [2.75, 3.05) is 32.7 Å². The number of esters is 1. The van der Waals surface area contributed by atoms with Gasteiger partial charge in [0.2, 0.25) is 0 Å². The monoisotopic (exact) mass is 392 g/mol. The number of nitrogens with zero attached hydrogens (tertiary/aromatic N) is 3. The molecule has 1 aliphatic heterocycles. The van der Waals surface area contributed by atoms with E-state index in [1.54, 1.807) is 0 Å². The number of para-hydroxylation sites is 1. The Kier molecular flexibility index (Phi) is 5.86. The highest BCUT2D eigenvalue weighted by molar-refractivity contribution is 6.04. The molecule has 0 saturated carbocycles. The minimum absolute atomic E-state index is 0.0732. The molecule has 4 rings (SSSR count). The van der Waals surface area contributed by atoms with Crippen molar-refractivity contribution in [2.45, 2.75) is 13.0 Å². The van der Waals surface area contributed by atoms with Crippen molar-refractivity contribution in [1.29, 1.82) is 0 Å². The van der Waals surface area contributed by atoms with E-state index in [0.29, 0.717) is 25.3 Å². The van der Waals surface area contributed by atoms with E-state index in [1.807, 2.05) is 64.4 Å². The second-order valence-corrected chi connectivity index (χ2v) is 7.19. The molecule has 150 valence electrons. The zero-order valence-electron chi connectivity index (χ0n) is 16.2. The third kappa shape index (κ3) is 4.63. The maximum atomic E-state index is 12.9. The number of rotatable bonds is 5. The molecular formula is C22H24N4O3. The summed E-state index contributed by atoms with van der Waals surface area (Å²) in [6, 6.07) is 17.3. The SMILES string of the molecule is O=C(CN1CCCN(C(=O)c2n[nH]c3ccccc23)CC1)OCc1ccccc1. The average Bonchev–Trinajstić information content (AvgIpc) is 3.05. The van der Waals surface area contributed by atoms with Crippen LogP contribution in [-0.2, 0) is 16.1 Å². The molecule has 1 N–H and O–H groups in total. The zero-order chi connectivity index (χ0) is 20.1. The summed E-state index contributed by atoms with van der Waals surface area (Å²) in [7, 11) is 0. The topological polar surface area (TPSA) is 78.5 Å². The fourth-order valence-electron chi connectivity index (χ4n) is 3.57. The van der Waals surface area contributed by atoms with Crippen molar-refractivity contribution >= 4 is 22.8 Å². The summed E-state index contributed by atoms with van der Waals surface area (Å²) in [6.07, 6.45) is 0.806. The standard InChI is InChI=1S/C22H24N4O3/c27-20(29-16-17-7-2-1-3-8-17)15-25-11-6-12-26(14-13-25)22(28)21-18-9-4-5-10-19(18)23-24-21/h1-5,7-10H,6,11-16H2,(H,23,24). The Labute approximate surface area is 169 Å². The quantitative estimate of drug-likeness (QED) is 0.675. The van der Waals surface area contributed by atoms with Gasteiger partial charge in [-0.3, -0.25) is 19.6 Å². The van der Waals surface area contributed by atoms with Crippen LogP contribution in [0.15, 0.2) is 54.6 Å². The van der Waals surface area contributed by atoms with E-state index in [4.69, 9.17) is 4.74 Å². The fourth-order valence-corrected chi connectivity index (χ4v) is 3.57. The van der Waals surface area contributed by atoms with Crippen LogP contribution >= 0.6 is 0 Å². The molecule has 0 unspecified atom stereocenters. The van der Waals surface area contributed by atoms with Crippen LogP contribution in [0.4, 0.5) is 0 Å². The number of carbonyl (C=O) groups excluding carboxylic acids is 2. The number of benzene rings is 2. The third-order valence-corrected chi connectivity index (χ3v) is 5.14. The molecule has 1 aromatic heterocycles. The van der Waals surface area contributed by atoms with Crippen molar-refractivity contribution < 1.29 is 14.3 Å². The number of hydrogen-bond acceptors (Lipinski definition) is 5. The van der Waals surface area contributed by atoms with E-state index in [0.717, 1.165) is 29.4 Å². The molecule has 2 aromatic carbocycles. The van der Waals surface area contributed by atoms with Crippen molar-refractivity contribution in [3.8, 4) is 0 Å². The molecule has 0 spiro atoms. The molecule has 29 heavy (non-hydrogen) atoms. The van der Waals surface area contributed by atoms with Crippen LogP contribution in [0.25, 0.3) is 10.9 Å². The average molecular weight is 392 g/mol. The first-order chi connectivity index (χ1) is 14.2. The first kappa shape index (κ1) is 19.1. The van der Waals surface area contributed by atoms with E-state index in [9.17, 15) is 9.59 Å². The minimum atomic E-state index is -0.244. The largest absolute Gasteiger partial charge is 0.460 e. The van der Waals surface area contributed by atoms with E-state index < -0.39 is 0 Å². The number of carbonyl (C=O) groups is 2. The summed E-state index contributed by atoms with van der Waals surface area (Å²) in [4.78, 5) is 29.0. The Bertz CT molecular complexity index is 986. The van der Waals surface area contributed by atoms with Gasteiger partial charge < -0.3 is 9.64 Å². The molecule has 0 radical (unpaired) electrons. The number of H-pyrrole nitrogens is 1. The number of hydrogen-bond donors (Lipinski definition) is 1. The third-order valence-electron chi connectivity index (χ3n) is 5.14. The van der Waals surface area contributed by atoms with Crippen LogP contribution in [-0.4, -0.2) is 64.6 Å². The first-order valence-electron chi connectivity index (χ1n) is 9.85. The second kappa shape index (κ2) is 8.87. The lowest BCUT2D eigenvalue weighted by atomic mass is 10.2. The van der Waals surface area contributed by atoms with E-state index in [-0.39, 0.29) is 25.0 Å². The highest BCUT2D eigenvalue weighted by Crippen LogP contribution is 2.18. The zero-order valence-corrected chi connectivity index (χ0v) is 16.2. The van der Waals surface area contributed by atoms with Gasteiger partial charge in [-0.25, -0.2) is 0 Å². The van der Waals surface area contributed by atoms with Crippen LogP contribution < -0.4 is 0 Å². The van der Waals surface area contributed by atoms with Crippen LogP contribution in [0.2, 0.25) is 0 Å². The van der Waals surface area contributed by atoms with Gasteiger partial charge in [0.1, 0.15) is 6.61 Å². The van der Waals surface area contributed by atoms with Gasteiger partial charge in [-0.1, -0.05) is 48.5 Å². The Morgan fingerprint density at radius 1 is 0.966 bits per heavy atom. The lowest BCUT2D eigenvalue weighted by molar-refractivity contribution is -0.146. The molecule has 0 bridgehead atoms.